The van der Waals surface area contributed by atoms with Crippen LogP contribution in [0.3, 0.4) is 0 Å². The number of nitrogens with zero attached hydrogens (tertiary/aromatic N) is 3. The number of nitrogens with one attached hydrogen (secondary N) is 1. The molecule has 12 heteroatoms. The lowest BCUT2D eigenvalue weighted by atomic mass is 10.2. The van der Waals surface area contributed by atoms with E-state index >= 15 is 0 Å². The van der Waals surface area contributed by atoms with Crippen LogP contribution < -0.4 is 10.1 Å². The topological polar surface area (TPSA) is 119 Å². The van der Waals surface area contributed by atoms with Gasteiger partial charge in [-0.3, -0.25) is 4.79 Å². The first-order valence-corrected chi connectivity index (χ1v) is 8.27. The quantitative estimate of drug-likeness (QED) is 0.639. The van der Waals surface area contributed by atoms with E-state index in [0.29, 0.717) is 12.1 Å². The van der Waals surface area contributed by atoms with Crippen LogP contribution in [0.4, 0.5) is 18.9 Å². The second kappa shape index (κ2) is 7.45. The van der Waals surface area contributed by atoms with Crippen molar-refractivity contribution >= 4 is 28.6 Å². The monoisotopic (exact) mass is 412 g/mol. The first-order valence-electron chi connectivity index (χ1n) is 8.27. The summed E-state index contributed by atoms with van der Waals surface area (Å²) in [6.07, 6.45) is -2.12. The zero-order chi connectivity index (χ0) is 21.3. The van der Waals surface area contributed by atoms with Crippen molar-refractivity contribution in [3.05, 3.63) is 35.8 Å². The molecule has 3 rings (SSSR count). The van der Waals surface area contributed by atoms with Crippen molar-refractivity contribution in [2.75, 3.05) is 11.9 Å². The van der Waals surface area contributed by atoms with Gasteiger partial charge in [-0.1, -0.05) is 6.92 Å². The molecule has 0 fully saturated rings. The fourth-order valence-electron chi connectivity index (χ4n) is 2.78. The normalized spacial score (nSPS) is 11.6. The minimum atomic E-state index is -4.67. The third kappa shape index (κ3) is 4.00. The summed E-state index contributed by atoms with van der Waals surface area (Å²) in [5, 5.41) is 12.0. The Hall–Kier alpha value is -3.57. The van der Waals surface area contributed by atoms with Gasteiger partial charge in [-0.15, -0.1) is 0 Å². The van der Waals surface area contributed by atoms with Crippen molar-refractivity contribution in [3.63, 3.8) is 0 Å². The van der Waals surface area contributed by atoms with Crippen LogP contribution in [0, 0.1) is 0 Å². The second-order valence-electron chi connectivity index (χ2n) is 5.98. The Morgan fingerprint density at radius 3 is 2.66 bits per heavy atom. The molecule has 0 unspecified atom stereocenters. The average Bonchev–Trinajstić information content (AvgIpc) is 3.26. The molecule has 0 atom stereocenters. The van der Waals surface area contributed by atoms with E-state index in [1.165, 1.54) is 13.1 Å². The molecule has 0 radical (unpaired) electrons. The van der Waals surface area contributed by atoms with Crippen LogP contribution in [0.15, 0.2) is 23.1 Å². The Bertz CT molecular complexity index is 1070. The number of pyridine rings is 1. The number of carbonyl (C=O) groups excluding carboxylic acids is 1. The minimum Gasteiger partial charge on any atom is -0.481 e. The maximum Gasteiger partial charge on any atom is 0.422 e. The van der Waals surface area contributed by atoms with Gasteiger partial charge in [0.05, 0.1) is 16.8 Å². The molecule has 9 nitrogen and oxygen atoms in total. The number of rotatable bonds is 6. The number of fused-ring (bicyclic) bond motifs is 1. The Morgan fingerprint density at radius 2 is 2.10 bits per heavy atom. The molecular weight excluding hydrogens is 397 g/mol. The molecule has 0 saturated heterocycles. The molecule has 3 aromatic rings. The van der Waals surface area contributed by atoms with E-state index in [1.54, 1.807) is 6.92 Å². The molecule has 0 aliphatic rings. The lowest BCUT2D eigenvalue weighted by Crippen LogP contribution is -2.20. The number of alkyl halides is 3. The van der Waals surface area contributed by atoms with Crippen LogP contribution >= 0.6 is 0 Å². The lowest BCUT2D eigenvalue weighted by Gasteiger charge is -2.11. The van der Waals surface area contributed by atoms with E-state index in [4.69, 9.17) is 9.15 Å². The van der Waals surface area contributed by atoms with Crippen molar-refractivity contribution in [1.82, 2.24) is 14.5 Å². The highest BCUT2D eigenvalue weighted by Crippen LogP contribution is 2.36. The predicted molar refractivity (Wildman–Crippen MR) is 93.1 cm³/mol. The average molecular weight is 412 g/mol. The molecule has 0 aliphatic carbocycles. The molecule has 0 aromatic carbocycles. The zero-order valence-electron chi connectivity index (χ0n) is 15.2. The molecule has 1 amide bonds. The number of carboxylic acid groups (broad SMARTS) is 1. The second-order valence-corrected chi connectivity index (χ2v) is 5.98. The number of aromatic nitrogens is 3. The number of hydrogen-bond acceptors (Lipinski definition) is 6. The van der Waals surface area contributed by atoms with Gasteiger partial charge in [-0.2, -0.15) is 13.2 Å². The predicted octanol–water partition coefficient (Wildman–Crippen LogP) is 3.02. The van der Waals surface area contributed by atoms with Crippen LogP contribution in [0.1, 0.15) is 33.6 Å². The van der Waals surface area contributed by atoms with E-state index in [-0.39, 0.29) is 22.4 Å². The molecule has 0 bridgehead atoms. The van der Waals surface area contributed by atoms with Gasteiger partial charge in [0.2, 0.25) is 0 Å². The number of aromatic carboxylic acids is 1. The maximum absolute atomic E-state index is 12.6. The fourth-order valence-corrected chi connectivity index (χ4v) is 2.78. The Morgan fingerprint density at radius 1 is 1.38 bits per heavy atom. The third-order valence-corrected chi connectivity index (χ3v) is 4.02. The fraction of sp³-hybridized carbons (Fsp3) is 0.294. The van der Waals surface area contributed by atoms with Gasteiger partial charge in [0.25, 0.3) is 5.91 Å². The molecule has 0 saturated carbocycles. The first-order chi connectivity index (χ1) is 13.6. The summed E-state index contributed by atoms with van der Waals surface area (Å²) >= 11 is 0. The zero-order valence-corrected chi connectivity index (χ0v) is 15.2. The number of carboxylic acids is 1. The summed E-state index contributed by atoms with van der Waals surface area (Å²) in [6, 6.07) is 1.33. The van der Waals surface area contributed by atoms with Gasteiger partial charge in [0.15, 0.2) is 30.1 Å². The van der Waals surface area contributed by atoms with Crippen molar-refractivity contribution in [1.29, 1.82) is 0 Å². The molecule has 0 aliphatic heterocycles. The van der Waals surface area contributed by atoms with Crippen molar-refractivity contribution in [2.24, 2.45) is 7.05 Å². The largest absolute Gasteiger partial charge is 0.481 e. The standard InChI is InChI=1S/C17H15F3N4O5/c1-3-9-10(23-15(25)11-5-28-7-21-11)4-8-13(29-6-17(18,19)20)12(16(26)27)24(2)14(8)22-9/h4-5,7H,3,6H2,1-2H3,(H,23,25)(H,26,27). The minimum absolute atomic E-state index is 0.0139. The van der Waals surface area contributed by atoms with Gasteiger partial charge in [0.1, 0.15) is 11.9 Å². The summed E-state index contributed by atoms with van der Waals surface area (Å²) < 4.78 is 48.6. The third-order valence-electron chi connectivity index (χ3n) is 4.02. The van der Waals surface area contributed by atoms with E-state index in [9.17, 15) is 27.9 Å². The Kier molecular flexibility index (Phi) is 5.18. The molecular formula is C17H15F3N4O5. The van der Waals surface area contributed by atoms with Gasteiger partial charge in [-0.05, 0) is 12.5 Å². The van der Waals surface area contributed by atoms with Crippen LogP contribution in [-0.2, 0) is 13.5 Å². The van der Waals surface area contributed by atoms with Crippen LogP contribution in [-0.4, -0.2) is 44.3 Å². The van der Waals surface area contributed by atoms with E-state index in [0.717, 1.165) is 17.2 Å². The smallest absolute Gasteiger partial charge is 0.422 e. The van der Waals surface area contributed by atoms with E-state index < -0.39 is 36.1 Å². The number of ether oxygens (including phenoxy) is 1. The number of halogens is 3. The van der Waals surface area contributed by atoms with Gasteiger partial charge >= 0.3 is 12.1 Å². The van der Waals surface area contributed by atoms with Gasteiger partial charge < -0.3 is 24.1 Å². The van der Waals surface area contributed by atoms with E-state index in [1.807, 2.05) is 0 Å². The number of amides is 1. The highest BCUT2D eigenvalue weighted by atomic mass is 19.4. The summed E-state index contributed by atoms with van der Waals surface area (Å²) in [4.78, 5) is 31.9. The summed E-state index contributed by atoms with van der Waals surface area (Å²) in [5.41, 5.74) is 0.191. The highest BCUT2D eigenvalue weighted by Gasteiger charge is 2.32. The molecule has 2 N–H and O–H groups in total. The number of hydrogen-bond donors (Lipinski definition) is 2. The lowest BCUT2D eigenvalue weighted by molar-refractivity contribution is -0.153. The SMILES string of the molecule is CCc1nc2c(cc1NC(=O)c1cocn1)c(OCC(F)(F)F)c(C(=O)O)n2C. The Balaban J connectivity index is 2.13. The molecule has 3 heterocycles. The molecule has 3 aromatic heterocycles. The number of oxazole rings is 1. The van der Waals surface area contributed by atoms with Crippen LogP contribution in [0.2, 0.25) is 0 Å². The van der Waals surface area contributed by atoms with Gasteiger partial charge in [0, 0.05) is 7.05 Å². The van der Waals surface area contributed by atoms with E-state index in [2.05, 4.69) is 15.3 Å². The summed E-state index contributed by atoms with van der Waals surface area (Å²) in [5.74, 6) is -2.59. The molecule has 29 heavy (non-hydrogen) atoms. The highest BCUT2D eigenvalue weighted by molar-refractivity contribution is 6.05. The molecule has 0 spiro atoms. The molecule has 154 valence electrons. The Labute approximate surface area is 161 Å². The first kappa shape index (κ1) is 20.2. The van der Waals surface area contributed by atoms with Crippen molar-refractivity contribution in [2.45, 2.75) is 19.5 Å². The number of aryl methyl sites for hydroxylation is 2. The van der Waals surface area contributed by atoms with Gasteiger partial charge in [-0.25, -0.2) is 14.8 Å². The van der Waals surface area contributed by atoms with Crippen LogP contribution in [0.5, 0.6) is 5.75 Å². The number of anilines is 1. The van der Waals surface area contributed by atoms with Crippen molar-refractivity contribution in [3.8, 4) is 5.75 Å². The maximum atomic E-state index is 12.6. The summed E-state index contributed by atoms with van der Waals surface area (Å²) in [6.45, 7) is 0.0740. The van der Waals surface area contributed by atoms with Crippen molar-refractivity contribution < 1.29 is 37.0 Å². The number of carbonyl (C=O) groups is 2. The summed E-state index contributed by atoms with van der Waals surface area (Å²) in [7, 11) is 1.35. The van der Waals surface area contributed by atoms with Crippen LogP contribution in [0.25, 0.3) is 11.0 Å².